The van der Waals surface area contributed by atoms with Crippen LogP contribution < -0.4 is 0 Å². The highest BCUT2D eigenvalue weighted by atomic mass is 32.2. The summed E-state index contributed by atoms with van der Waals surface area (Å²) in [6.07, 6.45) is -4.27. The molecular formula is C9H8F4N2O4S. The third-order valence-electron chi connectivity index (χ3n) is 2.38. The number of rotatable bonds is 5. The standard InChI is InChI=1S/C9H8F4N2O4S/c1-14(9(12,13)8(10)11)20(18,19)7-5-3-2-4-6(7)15(16)17/h2-5,8H,1H3. The lowest BCUT2D eigenvalue weighted by Crippen LogP contribution is -2.47. The lowest BCUT2D eigenvalue weighted by Gasteiger charge is -2.25. The Balaban J connectivity index is 3.42. The third kappa shape index (κ3) is 2.72. The fourth-order valence-electron chi connectivity index (χ4n) is 1.27. The minimum atomic E-state index is -5.16. The van der Waals surface area contributed by atoms with Gasteiger partial charge in [-0.3, -0.25) is 10.1 Å². The van der Waals surface area contributed by atoms with Crippen LogP contribution in [0.1, 0.15) is 0 Å². The van der Waals surface area contributed by atoms with Gasteiger partial charge in [0, 0.05) is 13.1 Å². The number of alkyl halides is 4. The average molecular weight is 316 g/mol. The smallest absolute Gasteiger partial charge is 0.258 e. The molecule has 0 amide bonds. The van der Waals surface area contributed by atoms with Gasteiger partial charge in [0.2, 0.25) is 0 Å². The number of nitrogens with zero attached hydrogens (tertiary/aromatic N) is 2. The summed E-state index contributed by atoms with van der Waals surface area (Å²) in [4.78, 5) is 8.46. The van der Waals surface area contributed by atoms with E-state index in [1.807, 2.05) is 0 Å². The Morgan fingerprint density at radius 2 is 1.80 bits per heavy atom. The molecule has 0 saturated heterocycles. The molecule has 0 aliphatic carbocycles. The molecule has 1 aromatic carbocycles. The molecule has 0 aromatic heterocycles. The van der Waals surface area contributed by atoms with Crippen molar-refractivity contribution in [3.63, 3.8) is 0 Å². The van der Waals surface area contributed by atoms with Crippen LogP contribution in [0.2, 0.25) is 0 Å². The number of sulfonamides is 1. The largest absolute Gasteiger partial charge is 0.377 e. The van der Waals surface area contributed by atoms with Gasteiger partial charge in [-0.1, -0.05) is 12.1 Å². The molecule has 6 nitrogen and oxygen atoms in total. The summed E-state index contributed by atoms with van der Waals surface area (Å²) in [5, 5.41) is 10.7. The Morgan fingerprint density at radius 1 is 1.30 bits per heavy atom. The van der Waals surface area contributed by atoms with Crippen LogP contribution >= 0.6 is 0 Å². The van der Waals surface area contributed by atoms with E-state index < -0.39 is 42.3 Å². The monoisotopic (exact) mass is 316 g/mol. The van der Waals surface area contributed by atoms with Crippen molar-refractivity contribution in [2.45, 2.75) is 17.4 Å². The molecular weight excluding hydrogens is 308 g/mol. The van der Waals surface area contributed by atoms with Crippen molar-refractivity contribution in [3.8, 4) is 0 Å². The maximum atomic E-state index is 13.1. The Kier molecular flexibility index (Phi) is 4.34. The van der Waals surface area contributed by atoms with Gasteiger partial charge in [0.15, 0.2) is 4.90 Å². The highest BCUT2D eigenvalue weighted by Gasteiger charge is 2.51. The first kappa shape index (κ1) is 16.3. The van der Waals surface area contributed by atoms with Crippen LogP contribution in [-0.2, 0) is 10.0 Å². The van der Waals surface area contributed by atoms with Crippen molar-refractivity contribution in [2.24, 2.45) is 0 Å². The van der Waals surface area contributed by atoms with E-state index in [-0.39, 0.29) is 7.05 Å². The zero-order chi connectivity index (χ0) is 15.7. The van der Waals surface area contributed by atoms with Gasteiger partial charge in [0.1, 0.15) is 0 Å². The van der Waals surface area contributed by atoms with Crippen molar-refractivity contribution < 1.29 is 30.9 Å². The van der Waals surface area contributed by atoms with E-state index in [0.29, 0.717) is 6.07 Å². The summed E-state index contributed by atoms with van der Waals surface area (Å²) in [6.45, 7) is 0. The second-order valence-electron chi connectivity index (χ2n) is 3.59. The summed E-state index contributed by atoms with van der Waals surface area (Å²) in [5.74, 6) is 0. The number of benzene rings is 1. The predicted molar refractivity (Wildman–Crippen MR) is 59.0 cm³/mol. The van der Waals surface area contributed by atoms with Gasteiger partial charge in [-0.15, -0.1) is 4.31 Å². The van der Waals surface area contributed by atoms with Gasteiger partial charge in [-0.25, -0.2) is 17.2 Å². The summed E-state index contributed by atoms with van der Waals surface area (Å²) < 4.78 is 73.3. The highest BCUT2D eigenvalue weighted by molar-refractivity contribution is 7.89. The molecule has 0 heterocycles. The van der Waals surface area contributed by atoms with Crippen molar-refractivity contribution in [1.29, 1.82) is 0 Å². The average Bonchev–Trinajstić information content (AvgIpc) is 2.37. The van der Waals surface area contributed by atoms with Gasteiger partial charge in [-0.2, -0.15) is 8.78 Å². The summed E-state index contributed by atoms with van der Waals surface area (Å²) >= 11 is 0. The van der Waals surface area contributed by atoms with Crippen LogP contribution in [0.5, 0.6) is 0 Å². The molecule has 112 valence electrons. The fraction of sp³-hybridized carbons (Fsp3) is 0.333. The Morgan fingerprint density at radius 3 is 2.25 bits per heavy atom. The van der Waals surface area contributed by atoms with E-state index in [1.165, 1.54) is 0 Å². The van der Waals surface area contributed by atoms with Crippen LogP contribution in [0.3, 0.4) is 0 Å². The van der Waals surface area contributed by atoms with E-state index >= 15 is 0 Å². The number of hydrogen-bond acceptors (Lipinski definition) is 4. The summed E-state index contributed by atoms with van der Waals surface area (Å²) in [5.41, 5.74) is -0.982. The first-order valence-electron chi connectivity index (χ1n) is 4.91. The molecule has 0 N–H and O–H groups in total. The quantitative estimate of drug-likeness (QED) is 0.360. The molecule has 11 heteroatoms. The number of hydrogen-bond donors (Lipinski definition) is 0. The van der Waals surface area contributed by atoms with Gasteiger partial charge >= 0.3 is 12.5 Å². The zero-order valence-electron chi connectivity index (χ0n) is 9.83. The summed E-state index contributed by atoms with van der Waals surface area (Å²) in [7, 11) is -4.94. The van der Waals surface area contributed by atoms with Gasteiger partial charge in [0.25, 0.3) is 15.7 Å². The molecule has 0 unspecified atom stereocenters. The molecule has 1 rings (SSSR count). The molecule has 0 spiro atoms. The second-order valence-corrected chi connectivity index (χ2v) is 5.52. The van der Waals surface area contributed by atoms with E-state index in [2.05, 4.69) is 0 Å². The predicted octanol–water partition coefficient (Wildman–Crippen LogP) is 2.07. The van der Waals surface area contributed by atoms with Gasteiger partial charge < -0.3 is 0 Å². The minimum absolute atomic E-state index is 0.220. The second kappa shape index (κ2) is 5.32. The Labute approximate surface area is 110 Å². The molecule has 1 aromatic rings. The van der Waals surface area contributed by atoms with E-state index in [4.69, 9.17) is 0 Å². The first-order chi connectivity index (χ1) is 9.02. The molecule has 0 saturated carbocycles. The van der Waals surface area contributed by atoms with Crippen LogP contribution in [0.15, 0.2) is 29.2 Å². The maximum absolute atomic E-state index is 13.1. The van der Waals surface area contributed by atoms with Crippen molar-refractivity contribution in [3.05, 3.63) is 34.4 Å². The van der Waals surface area contributed by atoms with E-state index in [9.17, 15) is 36.1 Å². The highest BCUT2D eigenvalue weighted by Crippen LogP contribution is 2.34. The van der Waals surface area contributed by atoms with Crippen LogP contribution in [0, 0.1) is 10.1 Å². The fourth-order valence-corrected chi connectivity index (χ4v) is 2.62. The topological polar surface area (TPSA) is 80.5 Å². The Hall–Kier alpha value is -1.75. The zero-order valence-corrected chi connectivity index (χ0v) is 10.7. The van der Waals surface area contributed by atoms with Crippen molar-refractivity contribution >= 4 is 15.7 Å². The molecule has 0 bridgehead atoms. The number of nitro benzene ring substituents is 1. The molecule has 0 atom stereocenters. The molecule has 0 aliphatic heterocycles. The SMILES string of the molecule is CN(C(F)(F)C(F)F)S(=O)(=O)c1ccccc1[N+](=O)[O-]. The van der Waals surface area contributed by atoms with Crippen LogP contribution in [0.4, 0.5) is 23.2 Å². The van der Waals surface area contributed by atoms with Gasteiger partial charge in [0.05, 0.1) is 4.92 Å². The number of para-hydroxylation sites is 1. The van der Waals surface area contributed by atoms with E-state index in [1.54, 1.807) is 0 Å². The normalized spacial score (nSPS) is 12.9. The van der Waals surface area contributed by atoms with Crippen molar-refractivity contribution in [2.75, 3.05) is 7.05 Å². The molecule has 0 aliphatic rings. The third-order valence-corrected chi connectivity index (χ3v) is 4.25. The van der Waals surface area contributed by atoms with Crippen molar-refractivity contribution in [1.82, 2.24) is 4.31 Å². The van der Waals surface area contributed by atoms with Gasteiger partial charge in [-0.05, 0) is 6.07 Å². The lowest BCUT2D eigenvalue weighted by molar-refractivity contribution is -0.387. The number of halogens is 4. The Bertz CT molecular complexity index is 620. The summed E-state index contributed by atoms with van der Waals surface area (Å²) in [6, 6.07) is -1.37. The van der Waals surface area contributed by atoms with Crippen LogP contribution in [0.25, 0.3) is 0 Å². The number of nitro groups is 1. The molecule has 20 heavy (non-hydrogen) atoms. The minimum Gasteiger partial charge on any atom is -0.258 e. The molecule has 0 fully saturated rings. The maximum Gasteiger partial charge on any atom is 0.377 e. The molecule has 0 radical (unpaired) electrons. The lowest BCUT2D eigenvalue weighted by atomic mass is 10.3. The first-order valence-corrected chi connectivity index (χ1v) is 6.35. The van der Waals surface area contributed by atoms with E-state index in [0.717, 1.165) is 18.2 Å². The van der Waals surface area contributed by atoms with Crippen LogP contribution in [-0.4, -0.2) is 37.2 Å².